The van der Waals surface area contributed by atoms with Crippen LogP contribution in [0.15, 0.2) is 65.8 Å². The number of aliphatic hydroxyl groups is 3. The van der Waals surface area contributed by atoms with Crippen LogP contribution < -0.4 is 10.6 Å². The van der Waals surface area contributed by atoms with Gasteiger partial charge in [-0.1, -0.05) is 37.3 Å². The molecule has 2 fully saturated rings. The van der Waals surface area contributed by atoms with Crippen molar-refractivity contribution in [1.82, 2.24) is 15.6 Å². The summed E-state index contributed by atoms with van der Waals surface area (Å²) >= 11 is 3.04. The minimum atomic E-state index is -1.41. The van der Waals surface area contributed by atoms with Crippen LogP contribution in [0.25, 0.3) is 11.1 Å². The molecule has 0 aliphatic carbocycles. The van der Waals surface area contributed by atoms with Gasteiger partial charge in [0.15, 0.2) is 0 Å². The van der Waals surface area contributed by atoms with Gasteiger partial charge in [-0.15, -0.1) is 23.5 Å². The SMILES string of the molecule is CSC1O[C@H]([C@H](NC(=O)[C@H]2NC[C@@H]3CC=CCO[C@H]32)[C@H](C)Sc2ccc(-c3cccnc3)cc2)C(O)[C@@H](O)[C@H]1O.CSF. The first-order chi connectivity index (χ1) is 20.8. The molecule has 0 saturated carbocycles. The summed E-state index contributed by atoms with van der Waals surface area (Å²) < 4.78 is 22.3. The average molecular weight is 654 g/mol. The van der Waals surface area contributed by atoms with Gasteiger partial charge in [-0.2, -0.15) is 3.89 Å². The Morgan fingerprint density at radius 2 is 1.84 bits per heavy atom. The number of pyridine rings is 1. The molecule has 2 aromatic rings. The summed E-state index contributed by atoms with van der Waals surface area (Å²) in [5.41, 5.74) is 1.31. The number of aromatic nitrogens is 1. The monoisotopic (exact) mass is 653 g/mol. The molecule has 0 bridgehead atoms. The van der Waals surface area contributed by atoms with Gasteiger partial charge in [-0.3, -0.25) is 9.78 Å². The number of amides is 1. The van der Waals surface area contributed by atoms with Crippen LogP contribution in [0.5, 0.6) is 0 Å². The lowest BCUT2D eigenvalue weighted by Gasteiger charge is -2.44. The molecular weight excluding hydrogens is 614 g/mol. The van der Waals surface area contributed by atoms with Crippen molar-refractivity contribution in [3.63, 3.8) is 0 Å². The van der Waals surface area contributed by atoms with Crippen molar-refractivity contribution in [2.24, 2.45) is 5.92 Å². The number of fused-ring (bicyclic) bond motifs is 1. The van der Waals surface area contributed by atoms with E-state index in [-0.39, 0.29) is 35.3 Å². The van der Waals surface area contributed by atoms with Crippen LogP contribution in [0.3, 0.4) is 0 Å². The lowest BCUT2D eigenvalue weighted by atomic mass is 9.92. The minimum absolute atomic E-state index is 0.201. The summed E-state index contributed by atoms with van der Waals surface area (Å²) in [7, 11) is 0. The largest absolute Gasteiger partial charge is 0.388 e. The number of ether oxygens (including phenoxy) is 2. The second-order valence-electron chi connectivity index (χ2n) is 10.6. The number of halogens is 1. The fourth-order valence-electron chi connectivity index (χ4n) is 5.61. The zero-order valence-electron chi connectivity index (χ0n) is 24.3. The van der Waals surface area contributed by atoms with E-state index in [0.717, 1.165) is 22.4 Å². The lowest BCUT2D eigenvalue weighted by molar-refractivity contribution is -0.205. The Balaban J connectivity index is 0.00000135. The van der Waals surface area contributed by atoms with Crippen LogP contribution in [0.1, 0.15) is 13.3 Å². The van der Waals surface area contributed by atoms with Gasteiger partial charge in [-0.05, 0) is 42.0 Å². The summed E-state index contributed by atoms with van der Waals surface area (Å²) in [6, 6.07) is 10.8. The Morgan fingerprint density at radius 1 is 1.09 bits per heavy atom. The van der Waals surface area contributed by atoms with E-state index in [1.165, 1.54) is 29.8 Å². The highest BCUT2D eigenvalue weighted by molar-refractivity contribution is 8.00. The van der Waals surface area contributed by atoms with Gasteiger partial charge in [0.1, 0.15) is 35.9 Å². The molecule has 3 aliphatic rings. The summed E-state index contributed by atoms with van der Waals surface area (Å²) in [4.78, 5) is 18.8. The van der Waals surface area contributed by atoms with E-state index in [2.05, 4.69) is 21.7 Å². The van der Waals surface area contributed by atoms with Crippen molar-refractivity contribution in [2.45, 2.75) is 71.5 Å². The maximum atomic E-state index is 13.7. The highest BCUT2D eigenvalue weighted by atomic mass is 32.2. The third-order valence-corrected chi connectivity index (χ3v) is 9.91. The quantitative estimate of drug-likeness (QED) is 0.213. The maximum Gasteiger partial charge on any atom is 0.240 e. The summed E-state index contributed by atoms with van der Waals surface area (Å²) in [6.45, 7) is 3.10. The van der Waals surface area contributed by atoms with Crippen LogP contribution in [0.4, 0.5) is 3.89 Å². The molecule has 9 nitrogen and oxygen atoms in total. The molecule has 236 valence electrons. The van der Waals surface area contributed by atoms with Crippen LogP contribution in [-0.4, -0.2) is 105 Å². The van der Waals surface area contributed by atoms with Gasteiger partial charge in [0.05, 0.1) is 18.8 Å². The van der Waals surface area contributed by atoms with Gasteiger partial charge >= 0.3 is 0 Å². The highest BCUT2D eigenvalue weighted by Gasteiger charge is 2.49. The molecule has 43 heavy (non-hydrogen) atoms. The number of aliphatic hydroxyl groups excluding tert-OH is 3. The number of carbonyl (C=O) groups excluding carboxylic acids is 1. The molecule has 13 heteroatoms. The molecular formula is C30H40FN3O6S3. The molecule has 2 unspecified atom stereocenters. The van der Waals surface area contributed by atoms with Crippen molar-refractivity contribution in [3.8, 4) is 11.1 Å². The van der Waals surface area contributed by atoms with E-state index in [9.17, 15) is 24.0 Å². The van der Waals surface area contributed by atoms with Gasteiger partial charge in [0.2, 0.25) is 5.91 Å². The summed E-state index contributed by atoms with van der Waals surface area (Å²) in [5, 5.41) is 38.3. The number of hydrogen-bond donors (Lipinski definition) is 5. The number of rotatable bonds is 8. The van der Waals surface area contributed by atoms with Crippen LogP contribution in [0.2, 0.25) is 0 Å². The zero-order valence-corrected chi connectivity index (χ0v) is 26.7. The first-order valence-electron chi connectivity index (χ1n) is 14.1. The molecule has 0 radical (unpaired) electrons. The Bertz CT molecular complexity index is 1180. The highest BCUT2D eigenvalue weighted by Crippen LogP contribution is 2.35. The molecule has 1 amide bonds. The lowest BCUT2D eigenvalue weighted by Crippen LogP contribution is -2.65. The summed E-state index contributed by atoms with van der Waals surface area (Å²) in [5.74, 6) is -0.0386. The zero-order chi connectivity index (χ0) is 30.9. The van der Waals surface area contributed by atoms with Gasteiger partial charge in [0, 0.05) is 53.4 Å². The average Bonchev–Trinajstić information content (AvgIpc) is 3.28. The molecule has 1 aromatic carbocycles. The molecule has 10 atom stereocenters. The van der Waals surface area contributed by atoms with Crippen LogP contribution >= 0.6 is 35.7 Å². The fraction of sp³-hybridized carbons (Fsp3) is 0.533. The van der Waals surface area contributed by atoms with Crippen molar-refractivity contribution in [3.05, 3.63) is 60.9 Å². The van der Waals surface area contributed by atoms with E-state index < -0.39 is 41.9 Å². The fourth-order valence-corrected chi connectivity index (χ4v) is 7.38. The predicted molar refractivity (Wildman–Crippen MR) is 171 cm³/mol. The third kappa shape index (κ3) is 8.53. The van der Waals surface area contributed by atoms with E-state index in [4.69, 9.17) is 9.47 Å². The number of carbonyl (C=O) groups is 1. The van der Waals surface area contributed by atoms with Gasteiger partial charge in [0.25, 0.3) is 0 Å². The second kappa shape index (κ2) is 16.6. The van der Waals surface area contributed by atoms with Crippen molar-refractivity contribution in [1.29, 1.82) is 0 Å². The first kappa shape index (κ1) is 34.2. The minimum Gasteiger partial charge on any atom is -0.388 e. The smallest absolute Gasteiger partial charge is 0.240 e. The number of benzene rings is 1. The van der Waals surface area contributed by atoms with E-state index in [1.807, 2.05) is 55.6 Å². The predicted octanol–water partition coefficient (Wildman–Crippen LogP) is 3.05. The molecule has 0 spiro atoms. The van der Waals surface area contributed by atoms with E-state index in [1.54, 1.807) is 12.5 Å². The Hall–Kier alpha value is -1.68. The molecule has 5 rings (SSSR count). The standard InChI is InChI=1S/C29H37N3O6S2.CH3FS/c1-16(40-20-10-8-17(9-11-20)18-7-5-12-30-14-18)21(27-24(34)23(33)25(35)29(38-27)39-2)32-28(36)22-26-19(15-31-22)6-3-4-13-37-26;1-3-2/h3-5,7-12,14,16,19,21-27,29,31,33-35H,6,13,15H2,1-2H3,(H,32,36);1H3/t16-,19-,21+,22-,23+,24?,25+,26+,27+,29?;/m0./s1. The number of nitrogens with one attached hydrogen (secondary N) is 2. The van der Waals surface area contributed by atoms with Crippen molar-refractivity contribution < 1.29 is 33.5 Å². The van der Waals surface area contributed by atoms with Crippen molar-refractivity contribution >= 4 is 41.6 Å². The maximum absolute atomic E-state index is 13.7. The summed E-state index contributed by atoms with van der Waals surface area (Å²) in [6.07, 6.45) is 6.38. The van der Waals surface area contributed by atoms with Crippen molar-refractivity contribution in [2.75, 3.05) is 25.7 Å². The Labute approximate surface area is 265 Å². The number of nitrogens with zero attached hydrogens (tertiary/aromatic N) is 1. The number of hydrogen-bond acceptors (Lipinski definition) is 11. The van der Waals surface area contributed by atoms with Gasteiger partial charge < -0.3 is 35.4 Å². The van der Waals surface area contributed by atoms with Crippen LogP contribution in [-0.2, 0) is 14.3 Å². The topological polar surface area (TPSA) is 133 Å². The molecule has 3 aliphatic heterocycles. The van der Waals surface area contributed by atoms with E-state index in [0.29, 0.717) is 13.2 Å². The first-order valence-corrected chi connectivity index (χ1v) is 17.4. The third-order valence-electron chi connectivity index (χ3n) is 7.84. The van der Waals surface area contributed by atoms with Gasteiger partial charge in [-0.25, -0.2) is 0 Å². The van der Waals surface area contributed by atoms with E-state index >= 15 is 0 Å². The Morgan fingerprint density at radius 3 is 2.51 bits per heavy atom. The molecule has 1 aromatic heterocycles. The molecule has 2 saturated heterocycles. The normalized spacial score (nSPS) is 31.6. The Kier molecular flexibility index (Phi) is 13.2. The number of allylic oxidation sites excluding steroid dienone is 1. The molecule has 5 N–H and O–H groups in total. The second-order valence-corrected chi connectivity index (χ2v) is 13.3. The van der Waals surface area contributed by atoms with Crippen LogP contribution in [0, 0.1) is 5.92 Å². The molecule has 4 heterocycles. The number of thioether (sulfide) groups is 2.